The van der Waals surface area contributed by atoms with Crippen molar-refractivity contribution in [2.24, 2.45) is 7.05 Å². The SMILES string of the molecule is C/C=C\C(/C(C)=C(/C)c1nc(C)cc(=O)n1C)N1CCc2ncc(-c3cc(C)ccc3C)cc2C1. The molecule has 0 saturated heterocycles. The van der Waals surface area contributed by atoms with Crippen LogP contribution in [0, 0.1) is 20.8 Å². The summed E-state index contributed by atoms with van der Waals surface area (Å²) in [4.78, 5) is 24.4. The first kappa shape index (κ1) is 24.8. The van der Waals surface area contributed by atoms with Crippen LogP contribution in [0.5, 0.6) is 0 Å². The summed E-state index contributed by atoms with van der Waals surface area (Å²) in [7, 11) is 1.79. The normalized spacial score (nSPS) is 15.7. The predicted octanol–water partition coefficient (Wildman–Crippen LogP) is 5.56. The van der Waals surface area contributed by atoms with Crippen LogP contribution in [0.3, 0.4) is 0 Å². The van der Waals surface area contributed by atoms with Gasteiger partial charge in [-0.15, -0.1) is 0 Å². The molecule has 5 nitrogen and oxygen atoms in total. The van der Waals surface area contributed by atoms with Crippen LogP contribution < -0.4 is 5.56 Å². The van der Waals surface area contributed by atoms with Crippen molar-refractivity contribution < 1.29 is 0 Å². The van der Waals surface area contributed by atoms with E-state index >= 15 is 0 Å². The number of nitrogens with zero attached hydrogens (tertiary/aromatic N) is 4. The summed E-state index contributed by atoms with van der Waals surface area (Å²) in [5, 5.41) is 0. The molecule has 3 aromatic rings. The molecule has 35 heavy (non-hydrogen) atoms. The van der Waals surface area contributed by atoms with Gasteiger partial charge in [0.25, 0.3) is 5.56 Å². The van der Waals surface area contributed by atoms with Crippen molar-refractivity contribution >= 4 is 5.57 Å². The van der Waals surface area contributed by atoms with E-state index in [4.69, 9.17) is 9.97 Å². The Balaban J connectivity index is 1.70. The molecule has 1 aliphatic heterocycles. The first-order valence-electron chi connectivity index (χ1n) is 12.3. The van der Waals surface area contributed by atoms with E-state index in [1.165, 1.54) is 39.1 Å². The zero-order chi connectivity index (χ0) is 25.3. The first-order valence-corrected chi connectivity index (χ1v) is 12.3. The van der Waals surface area contributed by atoms with Crippen LogP contribution in [0.1, 0.15) is 54.7 Å². The quantitative estimate of drug-likeness (QED) is 0.460. The lowest BCUT2D eigenvalue weighted by Crippen LogP contribution is -2.39. The molecular weight excluding hydrogens is 432 g/mol. The molecule has 0 spiro atoms. The number of fused-ring (bicyclic) bond motifs is 1. The van der Waals surface area contributed by atoms with Crippen LogP contribution in [-0.2, 0) is 20.0 Å². The maximum atomic E-state index is 12.4. The van der Waals surface area contributed by atoms with Gasteiger partial charge in [0.15, 0.2) is 0 Å². The van der Waals surface area contributed by atoms with Gasteiger partial charge in [-0.3, -0.25) is 19.2 Å². The Labute approximate surface area is 208 Å². The van der Waals surface area contributed by atoms with Crippen LogP contribution in [0.2, 0.25) is 0 Å². The van der Waals surface area contributed by atoms with E-state index in [-0.39, 0.29) is 11.6 Å². The Morgan fingerprint density at radius 1 is 1.11 bits per heavy atom. The molecule has 0 N–H and O–H groups in total. The van der Waals surface area contributed by atoms with Gasteiger partial charge in [0.05, 0.1) is 0 Å². The minimum absolute atomic E-state index is 0.0285. The van der Waals surface area contributed by atoms with Crippen molar-refractivity contribution in [2.45, 2.75) is 60.5 Å². The number of aryl methyl sites for hydroxylation is 3. The third-order valence-corrected chi connectivity index (χ3v) is 7.17. The van der Waals surface area contributed by atoms with Crippen molar-refractivity contribution in [3.8, 4) is 11.1 Å². The van der Waals surface area contributed by atoms with Gasteiger partial charge in [-0.1, -0.05) is 35.9 Å². The van der Waals surface area contributed by atoms with E-state index in [2.05, 4.69) is 75.9 Å². The van der Waals surface area contributed by atoms with E-state index in [1.807, 2.05) is 13.1 Å². The molecule has 0 amide bonds. The van der Waals surface area contributed by atoms with Crippen LogP contribution >= 0.6 is 0 Å². The van der Waals surface area contributed by atoms with Crippen molar-refractivity contribution in [1.29, 1.82) is 0 Å². The fourth-order valence-corrected chi connectivity index (χ4v) is 4.99. The maximum absolute atomic E-state index is 12.4. The summed E-state index contributed by atoms with van der Waals surface area (Å²) in [6, 6.07) is 10.6. The highest BCUT2D eigenvalue weighted by atomic mass is 16.1. The van der Waals surface area contributed by atoms with E-state index in [9.17, 15) is 4.79 Å². The van der Waals surface area contributed by atoms with Crippen molar-refractivity contribution in [2.75, 3.05) is 6.54 Å². The summed E-state index contributed by atoms with van der Waals surface area (Å²) in [5.74, 6) is 0.735. The lowest BCUT2D eigenvalue weighted by Gasteiger charge is -2.35. The van der Waals surface area contributed by atoms with Crippen LogP contribution in [0.15, 0.2) is 59.0 Å². The van der Waals surface area contributed by atoms with Crippen molar-refractivity contribution in [1.82, 2.24) is 19.4 Å². The molecule has 1 unspecified atom stereocenters. The molecule has 5 heteroatoms. The zero-order valence-electron chi connectivity index (χ0n) is 22.0. The van der Waals surface area contributed by atoms with Gasteiger partial charge in [-0.25, -0.2) is 4.98 Å². The summed E-state index contributed by atoms with van der Waals surface area (Å²) in [5.41, 5.74) is 10.4. The Hall–Kier alpha value is -3.31. The second kappa shape index (κ2) is 10.1. The van der Waals surface area contributed by atoms with Crippen molar-refractivity contribution in [3.63, 3.8) is 0 Å². The summed E-state index contributed by atoms with van der Waals surface area (Å²) < 4.78 is 1.64. The summed E-state index contributed by atoms with van der Waals surface area (Å²) in [6.45, 7) is 14.2. The molecule has 4 rings (SSSR count). The number of allylic oxidation sites excluding steroid dienone is 2. The van der Waals surface area contributed by atoms with E-state index in [0.717, 1.165) is 36.6 Å². The fourth-order valence-electron chi connectivity index (χ4n) is 4.99. The largest absolute Gasteiger partial charge is 0.296 e. The number of hydrogen-bond acceptors (Lipinski definition) is 4. The van der Waals surface area contributed by atoms with Gasteiger partial charge in [0.1, 0.15) is 5.82 Å². The predicted molar refractivity (Wildman–Crippen MR) is 144 cm³/mol. The third-order valence-electron chi connectivity index (χ3n) is 7.17. The average Bonchev–Trinajstić information content (AvgIpc) is 2.84. The number of rotatable bonds is 5. The van der Waals surface area contributed by atoms with E-state index < -0.39 is 0 Å². The van der Waals surface area contributed by atoms with Gasteiger partial charge in [0, 0.05) is 61.8 Å². The summed E-state index contributed by atoms with van der Waals surface area (Å²) in [6.07, 6.45) is 7.31. The van der Waals surface area contributed by atoms with Crippen LogP contribution in [0.25, 0.3) is 16.7 Å². The zero-order valence-corrected chi connectivity index (χ0v) is 22.0. The van der Waals surface area contributed by atoms with E-state index in [0.29, 0.717) is 0 Å². The topological polar surface area (TPSA) is 51.0 Å². The first-order chi connectivity index (χ1) is 16.7. The minimum Gasteiger partial charge on any atom is -0.296 e. The molecule has 0 aliphatic carbocycles. The van der Waals surface area contributed by atoms with Gasteiger partial charge >= 0.3 is 0 Å². The lowest BCUT2D eigenvalue weighted by atomic mass is 9.94. The number of benzene rings is 1. The highest BCUT2D eigenvalue weighted by Crippen LogP contribution is 2.30. The van der Waals surface area contributed by atoms with Crippen LogP contribution in [-0.4, -0.2) is 32.0 Å². The average molecular weight is 469 g/mol. The molecule has 3 heterocycles. The highest BCUT2D eigenvalue weighted by Gasteiger charge is 2.26. The minimum atomic E-state index is -0.0285. The highest BCUT2D eigenvalue weighted by molar-refractivity contribution is 5.68. The second-order valence-corrected chi connectivity index (χ2v) is 9.77. The molecular formula is C30H36N4O. The number of hydrogen-bond donors (Lipinski definition) is 0. The molecule has 0 fully saturated rings. The molecule has 182 valence electrons. The van der Waals surface area contributed by atoms with Gasteiger partial charge < -0.3 is 0 Å². The molecule has 0 bridgehead atoms. The Morgan fingerprint density at radius 2 is 1.89 bits per heavy atom. The standard InChI is InChI=1S/C30H36N4O/c1-8-9-28(22(5)23(6)30-32-21(4)15-29(35)33(30)7)34-13-12-27-25(18-34)16-24(17-31-27)26-14-19(2)10-11-20(26)3/h8-11,14-17,28H,12-13,18H2,1-7H3/b9-8-,23-22-. The van der Waals surface area contributed by atoms with E-state index in [1.54, 1.807) is 17.7 Å². The monoisotopic (exact) mass is 468 g/mol. The van der Waals surface area contributed by atoms with Crippen LogP contribution in [0.4, 0.5) is 0 Å². The molecule has 0 saturated carbocycles. The lowest BCUT2D eigenvalue weighted by molar-refractivity contribution is 0.230. The molecule has 1 aliphatic rings. The fraction of sp³-hybridized carbons (Fsp3) is 0.367. The van der Waals surface area contributed by atoms with Gasteiger partial charge in [-0.2, -0.15) is 0 Å². The van der Waals surface area contributed by atoms with Gasteiger partial charge in [0.2, 0.25) is 0 Å². The Morgan fingerprint density at radius 3 is 2.63 bits per heavy atom. The molecule has 2 aromatic heterocycles. The molecule has 1 aromatic carbocycles. The summed E-state index contributed by atoms with van der Waals surface area (Å²) >= 11 is 0. The molecule has 1 atom stereocenters. The third kappa shape index (κ3) is 5.06. The van der Waals surface area contributed by atoms with Gasteiger partial charge in [-0.05, 0) is 75.4 Å². The maximum Gasteiger partial charge on any atom is 0.253 e. The second-order valence-electron chi connectivity index (χ2n) is 9.77. The number of pyridine rings is 1. The Bertz CT molecular complexity index is 1380. The molecule has 0 radical (unpaired) electrons. The van der Waals surface area contributed by atoms with Crippen molar-refractivity contribution in [3.05, 3.63) is 98.5 Å². The smallest absolute Gasteiger partial charge is 0.253 e. The number of aromatic nitrogens is 3. The Kier molecular flexibility index (Phi) is 7.18.